The van der Waals surface area contributed by atoms with Crippen molar-refractivity contribution in [2.45, 2.75) is 26.9 Å². The minimum atomic E-state index is -0.370. The van der Waals surface area contributed by atoms with Gasteiger partial charge in [0.2, 0.25) is 5.82 Å². The third-order valence-electron chi connectivity index (χ3n) is 3.91. The van der Waals surface area contributed by atoms with Crippen LogP contribution in [0.4, 0.5) is 0 Å². The number of hydrogen-bond donors (Lipinski definition) is 0. The zero-order valence-corrected chi connectivity index (χ0v) is 14.9. The van der Waals surface area contributed by atoms with E-state index in [2.05, 4.69) is 15.2 Å². The molecule has 2 heterocycles. The van der Waals surface area contributed by atoms with Crippen LogP contribution in [-0.4, -0.2) is 25.9 Å². The van der Waals surface area contributed by atoms with Crippen molar-refractivity contribution in [2.24, 2.45) is 7.05 Å². The highest BCUT2D eigenvalue weighted by atomic mass is 35.5. The molecule has 2 aromatic heterocycles. The zero-order valence-electron chi connectivity index (χ0n) is 14.1. The number of halogens is 1. The SMILES string of the molecule is Cc1nn(C)c(C)c1CC(=O)OCc1nc(-c2ccc(Cl)cc2)no1. The van der Waals surface area contributed by atoms with Crippen molar-refractivity contribution < 1.29 is 14.1 Å². The lowest BCUT2D eigenvalue weighted by atomic mass is 10.1. The van der Waals surface area contributed by atoms with Gasteiger partial charge in [-0.05, 0) is 38.1 Å². The normalized spacial score (nSPS) is 10.9. The van der Waals surface area contributed by atoms with Crippen molar-refractivity contribution in [3.05, 3.63) is 52.1 Å². The van der Waals surface area contributed by atoms with Crippen molar-refractivity contribution in [2.75, 3.05) is 0 Å². The largest absolute Gasteiger partial charge is 0.455 e. The number of hydrogen-bond acceptors (Lipinski definition) is 6. The van der Waals surface area contributed by atoms with E-state index in [0.717, 1.165) is 22.5 Å². The summed E-state index contributed by atoms with van der Waals surface area (Å²) in [5, 5.41) is 8.79. The Labute approximate surface area is 149 Å². The van der Waals surface area contributed by atoms with Gasteiger partial charge in [-0.1, -0.05) is 16.8 Å². The summed E-state index contributed by atoms with van der Waals surface area (Å²) >= 11 is 5.85. The van der Waals surface area contributed by atoms with Crippen LogP contribution in [0.15, 0.2) is 28.8 Å². The molecule has 0 aliphatic rings. The van der Waals surface area contributed by atoms with E-state index in [1.807, 2.05) is 20.9 Å². The second-order valence-electron chi connectivity index (χ2n) is 5.63. The lowest BCUT2D eigenvalue weighted by Gasteiger charge is -2.02. The molecule has 25 heavy (non-hydrogen) atoms. The topological polar surface area (TPSA) is 83.0 Å². The van der Waals surface area contributed by atoms with Gasteiger partial charge in [-0.15, -0.1) is 0 Å². The highest BCUT2D eigenvalue weighted by Gasteiger charge is 2.16. The van der Waals surface area contributed by atoms with E-state index in [1.54, 1.807) is 28.9 Å². The van der Waals surface area contributed by atoms with E-state index < -0.39 is 0 Å². The number of rotatable bonds is 5. The lowest BCUT2D eigenvalue weighted by Crippen LogP contribution is -2.09. The van der Waals surface area contributed by atoms with Gasteiger partial charge in [-0.25, -0.2) is 0 Å². The quantitative estimate of drug-likeness (QED) is 0.650. The summed E-state index contributed by atoms with van der Waals surface area (Å²) in [6, 6.07) is 7.06. The van der Waals surface area contributed by atoms with E-state index in [9.17, 15) is 4.79 Å². The summed E-state index contributed by atoms with van der Waals surface area (Å²) in [4.78, 5) is 16.3. The summed E-state index contributed by atoms with van der Waals surface area (Å²) in [7, 11) is 1.84. The van der Waals surface area contributed by atoms with Crippen molar-refractivity contribution in [3.63, 3.8) is 0 Å². The molecule has 7 nitrogen and oxygen atoms in total. The van der Waals surface area contributed by atoms with Crippen LogP contribution in [-0.2, 0) is 29.6 Å². The van der Waals surface area contributed by atoms with E-state index in [4.69, 9.17) is 20.9 Å². The fraction of sp³-hybridized carbons (Fsp3) is 0.294. The number of aromatic nitrogens is 4. The Morgan fingerprint density at radius 2 is 2.00 bits per heavy atom. The minimum absolute atomic E-state index is 0.0716. The first-order valence-corrected chi connectivity index (χ1v) is 8.05. The van der Waals surface area contributed by atoms with Crippen molar-refractivity contribution in [1.29, 1.82) is 0 Å². The predicted octanol–water partition coefficient (Wildman–Crippen LogP) is 3.03. The fourth-order valence-corrected chi connectivity index (χ4v) is 2.57. The first kappa shape index (κ1) is 17.2. The molecule has 0 amide bonds. The second-order valence-corrected chi connectivity index (χ2v) is 6.07. The van der Waals surface area contributed by atoms with E-state index in [-0.39, 0.29) is 24.9 Å². The van der Waals surface area contributed by atoms with Crippen molar-refractivity contribution in [3.8, 4) is 11.4 Å². The Balaban J connectivity index is 1.60. The van der Waals surface area contributed by atoms with E-state index in [0.29, 0.717) is 10.8 Å². The van der Waals surface area contributed by atoms with E-state index >= 15 is 0 Å². The molecule has 3 rings (SSSR count). The molecule has 0 spiro atoms. The molecule has 1 aromatic carbocycles. The first-order valence-electron chi connectivity index (χ1n) is 7.67. The predicted molar refractivity (Wildman–Crippen MR) is 90.9 cm³/mol. The van der Waals surface area contributed by atoms with Gasteiger partial charge >= 0.3 is 5.97 Å². The molecule has 0 atom stereocenters. The summed E-state index contributed by atoms with van der Waals surface area (Å²) in [6.07, 6.45) is 0.156. The van der Waals surface area contributed by atoms with E-state index in [1.165, 1.54) is 0 Å². The summed E-state index contributed by atoms with van der Waals surface area (Å²) in [5.74, 6) is 0.282. The molecule has 0 saturated carbocycles. The molecular weight excluding hydrogens is 344 g/mol. The molecule has 8 heteroatoms. The van der Waals surface area contributed by atoms with Gasteiger partial charge in [-0.3, -0.25) is 9.48 Å². The zero-order chi connectivity index (χ0) is 18.0. The number of carbonyl (C=O) groups excluding carboxylic acids is 1. The van der Waals surface area contributed by atoms with Crippen LogP contribution >= 0.6 is 11.6 Å². The monoisotopic (exact) mass is 360 g/mol. The fourth-order valence-electron chi connectivity index (χ4n) is 2.44. The lowest BCUT2D eigenvalue weighted by molar-refractivity contribution is -0.144. The number of ether oxygens (including phenoxy) is 1. The van der Waals surface area contributed by atoms with Gasteiger partial charge in [0, 0.05) is 28.9 Å². The smallest absolute Gasteiger partial charge is 0.310 e. The molecule has 0 unspecified atom stereocenters. The third-order valence-corrected chi connectivity index (χ3v) is 4.16. The molecule has 0 aliphatic carbocycles. The van der Waals surface area contributed by atoms with Gasteiger partial charge in [0.25, 0.3) is 5.89 Å². The highest BCUT2D eigenvalue weighted by molar-refractivity contribution is 6.30. The van der Waals surface area contributed by atoms with Crippen molar-refractivity contribution >= 4 is 17.6 Å². The van der Waals surface area contributed by atoms with Gasteiger partial charge < -0.3 is 9.26 Å². The molecule has 0 fully saturated rings. The number of benzene rings is 1. The number of nitrogens with zero attached hydrogens (tertiary/aromatic N) is 4. The molecule has 0 saturated heterocycles. The maximum Gasteiger partial charge on any atom is 0.310 e. The molecule has 3 aromatic rings. The average molecular weight is 361 g/mol. The van der Waals surface area contributed by atoms with Gasteiger partial charge in [0.05, 0.1) is 12.1 Å². The Kier molecular flexibility index (Phi) is 4.85. The second kappa shape index (κ2) is 7.06. The molecule has 0 aliphatic heterocycles. The highest BCUT2D eigenvalue weighted by Crippen LogP contribution is 2.19. The van der Waals surface area contributed by atoms with Crippen LogP contribution in [0.1, 0.15) is 22.8 Å². The molecule has 0 N–H and O–H groups in total. The number of esters is 1. The Morgan fingerprint density at radius 1 is 1.28 bits per heavy atom. The minimum Gasteiger partial charge on any atom is -0.455 e. The maximum absolute atomic E-state index is 12.0. The average Bonchev–Trinajstić information content (AvgIpc) is 3.14. The Hall–Kier alpha value is -2.67. The molecular formula is C17H17ClN4O3. The van der Waals surface area contributed by atoms with Crippen LogP contribution < -0.4 is 0 Å². The van der Waals surface area contributed by atoms with Gasteiger partial charge in [-0.2, -0.15) is 10.1 Å². The summed E-state index contributed by atoms with van der Waals surface area (Å²) in [6.45, 7) is 3.71. The number of carbonyl (C=O) groups is 1. The van der Waals surface area contributed by atoms with Crippen LogP contribution in [0.5, 0.6) is 0 Å². The Morgan fingerprint density at radius 3 is 2.64 bits per heavy atom. The maximum atomic E-state index is 12.0. The van der Waals surface area contributed by atoms with Crippen LogP contribution in [0.3, 0.4) is 0 Å². The molecule has 0 bridgehead atoms. The molecule has 130 valence electrons. The Bertz CT molecular complexity index is 899. The summed E-state index contributed by atoms with van der Waals surface area (Å²) in [5.41, 5.74) is 3.41. The van der Waals surface area contributed by atoms with Crippen LogP contribution in [0.2, 0.25) is 5.02 Å². The summed E-state index contributed by atoms with van der Waals surface area (Å²) < 4.78 is 12.1. The standard InChI is InChI=1S/C17H17ClN4O3/c1-10-14(11(2)22(3)20-10)8-16(23)24-9-15-19-17(21-25-15)12-4-6-13(18)7-5-12/h4-7H,8-9H2,1-3H3. The van der Waals surface area contributed by atoms with Crippen LogP contribution in [0, 0.1) is 13.8 Å². The number of aryl methyl sites for hydroxylation is 2. The first-order chi connectivity index (χ1) is 11.9. The molecule has 0 radical (unpaired) electrons. The van der Waals surface area contributed by atoms with Crippen molar-refractivity contribution in [1.82, 2.24) is 19.9 Å². The van der Waals surface area contributed by atoms with Crippen LogP contribution in [0.25, 0.3) is 11.4 Å². The van der Waals surface area contributed by atoms with Gasteiger partial charge in [0.15, 0.2) is 6.61 Å². The third kappa shape index (κ3) is 3.88. The van der Waals surface area contributed by atoms with Gasteiger partial charge in [0.1, 0.15) is 0 Å².